The van der Waals surface area contributed by atoms with Crippen LogP contribution in [-0.2, 0) is 12.8 Å². The predicted molar refractivity (Wildman–Crippen MR) is 91.5 cm³/mol. The molecule has 0 aliphatic rings. The van der Waals surface area contributed by atoms with Crippen molar-refractivity contribution >= 4 is 0 Å². The molecule has 1 aromatic heterocycles. The Morgan fingerprint density at radius 1 is 0.905 bits per heavy atom. The van der Waals surface area contributed by atoms with E-state index in [1.807, 2.05) is 12.4 Å². The molecule has 2 aromatic rings. The highest BCUT2D eigenvalue weighted by molar-refractivity contribution is 5.70. The van der Waals surface area contributed by atoms with E-state index in [1.54, 1.807) is 0 Å². The lowest BCUT2D eigenvalue weighted by atomic mass is 9.90. The van der Waals surface area contributed by atoms with Gasteiger partial charge in [-0.3, -0.25) is 4.98 Å². The molecular formula is C20H27N. The average Bonchev–Trinajstić information content (AvgIpc) is 2.40. The minimum atomic E-state index is 0.658. The summed E-state index contributed by atoms with van der Waals surface area (Å²) < 4.78 is 0. The third-order valence-electron chi connectivity index (χ3n) is 3.78. The lowest BCUT2D eigenvalue weighted by Gasteiger charge is -2.15. The zero-order valence-electron chi connectivity index (χ0n) is 14.0. The second-order valence-corrected chi connectivity index (χ2v) is 6.88. The van der Waals surface area contributed by atoms with Gasteiger partial charge in [-0.05, 0) is 59.9 Å². The Labute approximate surface area is 129 Å². The van der Waals surface area contributed by atoms with Gasteiger partial charge in [0, 0.05) is 18.0 Å². The molecule has 0 radical (unpaired) electrons. The van der Waals surface area contributed by atoms with Gasteiger partial charge >= 0.3 is 0 Å². The fraction of sp³-hybridized carbons (Fsp3) is 0.450. The van der Waals surface area contributed by atoms with E-state index in [-0.39, 0.29) is 0 Å². The van der Waals surface area contributed by atoms with Gasteiger partial charge in [0.2, 0.25) is 0 Å². The molecule has 0 bridgehead atoms. The Hall–Kier alpha value is -1.63. The second-order valence-electron chi connectivity index (χ2n) is 6.88. The number of aryl methyl sites for hydroxylation is 1. The zero-order valence-corrected chi connectivity index (χ0v) is 14.0. The molecule has 1 aromatic carbocycles. The number of benzene rings is 1. The first-order valence-corrected chi connectivity index (χ1v) is 8.00. The summed E-state index contributed by atoms with van der Waals surface area (Å²) in [5, 5.41) is 0. The topological polar surface area (TPSA) is 12.9 Å². The normalized spacial score (nSPS) is 11.4. The average molecular weight is 281 g/mol. The van der Waals surface area contributed by atoms with E-state index >= 15 is 0 Å². The monoisotopic (exact) mass is 281 g/mol. The summed E-state index contributed by atoms with van der Waals surface area (Å²) in [4.78, 5) is 4.36. The lowest BCUT2D eigenvalue weighted by Crippen LogP contribution is -2.00. The van der Waals surface area contributed by atoms with Crippen LogP contribution in [0.4, 0.5) is 0 Å². The van der Waals surface area contributed by atoms with Crippen molar-refractivity contribution in [3.63, 3.8) is 0 Å². The summed E-state index contributed by atoms with van der Waals surface area (Å²) in [5.41, 5.74) is 6.81. The maximum Gasteiger partial charge on any atom is 0.0349 e. The number of hydrogen-bond donors (Lipinski definition) is 0. The van der Waals surface area contributed by atoms with Crippen LogP contribution in [0.2, 0.25) is 0 Å². The smallest absolute Gasteiger partial charge is 0.0349 e. The van der Waals surface area contributed by atoms with Crippen LogP contribution in [0.15, 0.2) is 36.7 Å². The van der Waals surface area contributed by atoms with Crippen LogP contribution in [0.3, 0.4) is 0 Å². The van der Waals surface area contributed by atoms with Crippen molar-refractivity contribution in [2.24, 2.45) is 11.8 Å². The van der Waals surface area contributed by atoms with E-state index in [9.17, 15) is 0 Å². The van der Waals surface area contributed by atoms with Crippen molar-refractivity contribution in [1.82, 2.24) is 4.98 Å². The van der Waals surface area contributed by atoms with Crippen LogP contribution in [0, 0.1) is 18.8 Å². The van der Waals surface area contributed by atoms with Crippen molar-refractivity contribution in [3.8, 4) is 11.1 Å². The number of nitrogens with zero attached hydrogens (tertiary/aromatic N) is 1. The van der Waals surface area contributed by atoms with Gasteiger partial charge in [-0.25, -0.2) is 0 Å². The number of rotatable bonds is 5. The van der Waals surface area contributed by atoms with E-state index in [4.69, 9.17) is 0 Å². The van der Waals surface area contributed by atoms with E-state index in [1.165, 1.54) is 27.8 Å². The number of hydrogen-bond acceptors (Lipinski definition) is 1. The molecule has 0 saturated heterocycles. The van der Waals surface area contributed by atoms with Gasteiger partial charge in [-0.2, -0.15) is 0 Å². The fourth-order valence-electron chi connectivity index (χ4n) is 2.84. The lowest BCUT2D eigenvalue weighted by molar-refractivity contribution is 0.646. The van der Waals surface area contributed by atoms with Gasteiger partial charge in [0.25, 0.3) is 0 Å². The Balaban J connectivity index is 2.45. The van der Waals surface area contributed by atoms with Crippen LogP contribution in [-0.4, -0.2) is 4.98 Å². The molecule has 0 saturated carbocycles. The molecule has 0 aliphatic carbocycles. The molecule has 0 amide bonds. The van der Waals surface area contributed by atoms with E-state index < -0.39 is 0 Å². The number of pyridine rings is 1. The maximum atomic E-state index is 4.36. The van der Waals surface area contributed by atoms with Gasteiger partial charge in [-0.1, -0.05) is 45.9 Å². The number of aromatic nitrogens is 1. The highest BCUT2D eigenvalue weighted by Gasteiger charge is 2.10. The predicted octanol–water partition coefficient (Wildman–Crippen LogP) is 5.45. The van der Waals surface area contributed by atoms with Crippen LogP contribution in [0.25, 0.3) is 11.1 Å². The standard InChI is InChI=1S/C20H27N/c1-14(2)10-17-7-6-16(5)19(12-17)20-13-21-9-8-18(20)11-15(3)4/h6-9,12-15H,10-11H2,1-5H3. The Morgan fingerprint density at radius 3 is 2.29 bits per heavy atom. The fourth-order valence-corrected chi connectivity index (χ4v) is 2.84. The molecule has 0 fully saturated rings. The largest absolute Gasteiger partial charge is 0.264 e. The van der Waals surface area contributed by atoms with Crippen LogP contribution in [0.5, 0.6) is 0 Å². The van der Waals surface area contributed by atoms with Crippen LogP contribution in [0.1, 0.15) is 44.4 Å². The molecule has 0 aliphatic heterocycles. The third-order valence-corrected chi connectivity index (χ3v) is 3.78. The summed E-state index contributed by atoms with van der Waals surface area (Å²) in [6.45, 7) is 11.3. The molecule has 112 valence electrons. The molecule has 21 heavy (non-hydrogen) atoms. The molecule has 1 nitrogen and oxygen atoms in total. The highest BCUT2D eigenvalue weighted by Crippen LogP contribution is 2.29. The van der Waals surface area contributed by atoms with Gasteiger partial charge in [-0.15, -0.1) is 0 Å². The Kier molecular flexibility index (Phi) is 5.17. The SMILES string of the molecule is Cc1ccc(CC(C)C)cc1-c1cnccc1CC(C)C. The maximum absolute atomic E-state index is 4.36. The molecule has 0 unspecified atom stereocenters. The van der Waals surface area contributed by atoms with Gasteiger partial charge in [0.15, 0.2) is 0 Å². The Morgan fingerprint density at radius 2 is 1.62 bits per heavy atom. The summed E-state index contributed by atoms with van der Waals surface area (Å²) in [6.07, 6.45) is 6.17. The molecule has 0 atom stereocenters. The highest BCUT2D eigenvalue weighted by atomic mass is 14.6. The molecule has 0 spiro atoms. The second kappa shape index (κ2) is 6.89. The third kappa shape index (κ3) is 4.17. The minimum Gasteiger partial charge on any atom is -0.264 e. The van der Waals surface area contributed by atoms with Crippen molar-refractivity contribution in [2.75, 3.05) is 0 Å². The van der Waals surface area contributed by atoms with E-state index in [0.29, 0.717) is 11.8 Å². The summed E-state index contributed by atoms with van der Waals surface area (Å²) >= 11 is 0. The van der Waals surface area contributed by atoms with Gasteiger partial charge in [0.05, 0.1) is 0 Å². The molecule has 1 heteroatoms. The summed E-state index contributed by atoms with van der Waals surface area (Å²) in [7, 11) is 0. The minimum absolute atomic E-state index is 0.658. The molecule has 0 N–H and O–H groups in total. The van der Waals surface area contributed by atoms with Crippen molar-refractivity contribution in [3.05, 3.63) is 53.3 Å². The quantitative estimate of drug-likeness (QED) is 0.709. The first-order chi connectivity index (χ1) is 9.97. The van der Waals surface area contributed by atoms with Gasteiger partial charge in [0.1, 0.15) is 0 Å². The van der Waals surface area contributed by atoms with E-state index in [0.717, 1.165) is 12.8 Å². The summed E-state index contributed by atoms with van der Waals surface area (Å²) in [5.74, 6) is 1.34. The van der Waals surface area contributed by atoms with Crippen LogP contribution < -0.4 is 0 Å². The molecular weight excluding hydrogens is 254 g/mol. The Bertz CT molecular complexity index is 597. The van der Waals surface area contributed by atoms with Crippen molar-refractivity contribution in [2.45, 2.75) is 47.5 Å². The first kappa shape index (κ1) is 15.8. The zero-order chi connectivity index (χ0) is 15.4. The van der Waals surface area contributed by atoms with Gasteiger partial charge < -0.3 is 0 Å². The van der Waals surface area contributed by atoms with Crippen molar-refractivity contribution < 1.29 is 0 Å². The first-order valence-electron chi connectivity index (χ1n) is 8.00. The van der Waals surface area contributed by atoms with Crippen molar-refractivity contribution in [1.29, 1.82) is 0 Å². The van der Waals surface area contributed by atoms with Crippen LogP contribution >= 0.6 is 0 Å². The molecule has 2 rings (SSSR count). The van der Waals surface area contributed by atoms with E-state index in [2.05, 4.69) is 63.9 Å². The summed E-state index contributed by atoms with van der Waals surface area (Å²) in [6, 6.07) is 9.04. The molecule has 1 heterocycles.